The van der Waals surface area contributed by atoms with E-state index < -0.39 is 0 Å². The Morgan fingerprint density at radius 3 is 2.75 bits per heavy atom. The van der Waals surface area contributed by atoms with E-state index in [1.807, 2.05) is 52.4 Å². The third kappa shape index (κ3) is 3.83. The first kappa shape index (κ1) is 18.4. The Bertz CT molecular complexity index is 1130. The van der Waals surface area contributed by atoms with Crippen LogP contribution in [-0.2, 0) is 17.9 Å². The van der Waals surface area contributed by atoms with E-state index in [4.69, 9.17) is 4.74 Å². The third-order valence-corrected chi connectivity index (χ3v) is 5.33. The summed E-state index contributed by atoms with van der Waals surface area (Å²) in [5.74, 6) is -0.485. The normalized spacial score (nSPS) is 11.1. The highest BCUT2D eigenvalue weighted by molar-refractivity contribution is 7.17. The number of benzene rings is 2. The Balaban J connectivity index is 1.65. The van der Waals surface area contributed by atoms with Crippen LogP contribution in [0.25, 0.3) is 10.2 Å². The molecule has 142 valence electrons. The van der Waals surface area contributed by atoms with Gasteiger partial charge in [0.05, 0.1) is 16.8 Å². The van der Waals surface area contributed by atoms with Gasteiger partial charge < -0.3 is 14.6 Å². The smallest absolute Gasteiger partial charge is 0.272 e. The average Bonchev–Trinajstić information content (AvgIpc) is 3.25. The number of rotatable bonds is 6. The largest absolute Gasteiger partial charge is 0.380 e. The molecule has 6 heteroatoms. The minimum absolute atomic E-state index is 0.200. The number of carbonyl (C=O) groups is 1. The predicted molar refractivity (Wildman–Crippen MR) is 110 cm³/mol. The van der Waals surface area contributed by atoms with Gasteiger partial charge in [0, 0.05) is 19.3 Å². The van der Waals surface area contributed by atoms with Crippen LogP contribution in [0.3, 0.4) is 0 Å². The summed E-state index contributed by atoms with van der Waals surface area (Å²) < 4.78 is 21.7. The topological polar surface area (TPSA) is 43.3 Å². The first-order valence-electron chi connectivity index (χ1n) is 8.84. The van der Waals surface area contributed by atoms with Crippen LogP contribution >= 0.6 is 11.3 Å². The molecule has 0 fully saturated rings. The number of methoxy groups -OCH3 is 1. The molecule has 0 saturated carbocycles. The molecule has 4 nitrogen and oxygen atoms in total. The number of nitrogens with one attached hydrogen (secondary N) is 1. The molecule has 0 unspecified atom stereocenters. The summed E-state index contributed by atoms with van der Waals surface area (Å²) in [6.07, 6.45) is 0. The first-order valence-corrected chi connectivity index (χ1v) is 9.72. The second-order valence-electron chi connectivity index (χ2n) is 6.50. The number of anilines is 1. The number of hydrogen-bond acceptors (Lipinski definition) is 3. The molecule has 2 aromatic heterocycles. The van der Waals surface area contributed by atoms with Crippen LogP contribution in [0, 0.1) is 5.82 Å². The number of amides is 1. The molecule has 1 amide bonds. The van der Waals surface area contributed by atoms with Crippen LogP contribution in [0.1, 0.15) is 21.6 Å². The fraction of sp³-hybridized carbons (Fsp3) is 0.136. The lowest BCUT2D eigenvalue weighted by molar-refractivity contribution is 0.101. The number of carbonyl (C=O) groups excluding carboxylic acids is 1. The van der Waals surface area contributed by atoms with Gasteiger partial charge in [-0.2, -0.15) is 0 Å². The minimum atomic E-state index is -0.285. The van der Waals surface area contributed by atoms with Crippen molar-refractivity contribution in [3.63, 3.8) is 0 Å². The van der Waals surface area contributed by atoms with Gasteiger partial charge in [0.25, 0.3) is 5.91 Å². The van der Waals surface area contributed by atoms with Gasteiger partial charge in [-0.25, -0.2) is 4.39 Å². The van der Waals surface area contributed by atoms with Crippen molar-refractivity contribution in [3.8, 4) is 0 Å². The summed E-state index contributed by atoms with van der Waals surface area (Å²) in [4.78, 5) is 13.0. The second-order valence-corrected chi connectivity index (χ2v) is 7.45. The van der Waals surface area contributed by atoms with E-state index in [0.29, 0.717) is 24.5 Å². The Morgan fingerprint density at radius 1 is 1.11 bits per heavy atom. The molecule has 1 N–H and O–H groups in total. The third-order valence-electron chi connectivity index (χ3n) is 4.48. The van der Waals surface area contributed by atoms with Crippen LogP contribution in [0.4, 0.5) is 10.1 Å². The van der Waals surface area contributed by atoms with Gasteiger partial charge in [-0.1, -0.05) is 24.3 Å². The Kier molecular flexibility index (Phi) is 5.23. The number of hydrogen-bond donors (Lipinski definition) is 1. The van der Waals surface area contributed by atoms with Gasteiger partial charge >= 0.3 is 0 Å². The van der Waals surface area contributed by atoms with Crippen LogP contribution in [0.15, 0.2) is 66.0 Å². The summed E-state index contributed by atoms with van der Waals surface area (Å²) in [5, 5.41) is 4.95. The maximum Gasteiger partial charge on any atom is 0.272 e. The lowest BCUT2D eigenvalue weighted by Crippen LogP contribution is -2.17. The molecule has 0 saturated heterocycles. The maximum atomic E-state index is 13.6. The van der Waals surface area contributed by atoms with E-state index in [1.54, 1.807) is 24.5 Å². The van der Waals surface area contributed by atoms with Crippen molar-refractivity contribution in [2.24, 2.45) is 0 Å². The number of thiophene rings is 1. The molecular weight excluding hydrogens is 375 g/mol. The van der Waals surface area contributed by atoms with Gasteiger partial charge in [-0.05, 0) is 52.9 Å². The second kappa shape index (κ2) is 7.96. The summed E-state index contributed by atoms with van der Waals surface area (Å²) in [7, 11) is 1.64. The molecular formula is C22H19FN2O2S. The summed E-state index contributed by atoms with van der Waals surface area (Å²) in [5.41, 5.74) is 4.01. The van der Waals surface area contributed by atoms with Crippen LogP contribution < -0.4 is 5.32 Å². The monoisotopic (exact) mass is 394 g/mol. The molecule has 0 bridgehead atoms. The molecule has 0 aliphatic carbocycles. The van der Waals surface area contributed by atoms with Crippen molar-refractivity contribution in [3.05, 3.63) is 88.7 Å². The van der Waals surface area contributed by atoms with E-state index in [2.05, 4.69) is 5.32 Å². The SMILES string of the molecule is COCc1cccc(NC(=O)c2cc3sccc3n2Cc2cccc(F)c2)c1. The number of ether oxygens (including phenoxy) is 1. The quantitative estimate of drug-likeness (QED) is 0.483. The Labute approximate surface area is 166 Å². The van der Waals surface area contributed by atoms with Crippen molar-refractivity contribution in [1.29, 1.82) is 0 Å². The van der Waals surface area contributed by atoms with E-state index in [0.717, 1.165) is 21.3 Å². The average molecular weight is 394 g/mol. The highest BCUT2D eigenvalue weighted by Gasteiger charge is 2.17. The summed E-state index contributed by atoms with van der Waals surface area (Å²) in [6.45, 7) is 0.903. The van der Waals surface area contributed by atoms with Crippen LogP contribution in [0.5, 0.6) is 0 Å². The fourth-order valence-corrected chi connectivity index (χ4v) is 4.08. The molecule has 4 aromatic rings. The molecule has 0 atom stereocenters. The minimum Gasteiger partial charge on any atom is -0.380 e. The zero-order valence-electron chi connectivity index (χ0n) is 15.3. The first-order chi connectivity index (χ1) is 13.6. The van der Waals surface area contributed by atoms with Crippen LogP contribution in [0.2, 0.25) is 0 Å². The molecule has 2 heterocycles. The Hall–Kier alpha value is -2.96. The summed E-state index contributed by atoms with van der Waals surface area (Å²) >= 11 is 1.58. The van der Waals surface area contributed by atoms with Crippen molar-refractivity contribution in [2.75, 3.05) is 12.4 Å². The van der Waals surface area contributed by atoms with Gasteiger partial charge in [-0.15, -0.1) is 11.3 Å². The number of aromatic nitrogens is 1. The molecule has 0 radical (unpaired) electrons. The van der Waals surface area contributed by atoms with E-state index in [9.17, 15) is 9.18 Å². The molecule has 28 heavy (non-hydrogen) atoms. The van der Waals surface area contributed by atoms with Gasteiger partial charge in [0.2, 0.25) is 0 Å². The van der Waals surface area contributed by atoms with Gasteiger partial charge in [-0.3, -0.25) is 4.79 Å². The number of fused-ring (bicyclic) bond motifs is 1. The van der Waals surface area contributed by atoms with Gasteiger partial charge in [0.15, 0.2) is 0 Å². The predicted octanol–water partition coefficient (Wildman–Crippen LogP) is 5.29. The zero-order chi connectivity index (χ0) is 19.5. The Morgan fingerprint density at radius 2 is 1.93 bits per heavy atom. The molecule has 0 spiro atoms. The van der Waals surface area contributed by atoms with Crippen molar-refractivity contribution in [1.82, 2.24) is 4.57 Å². The lowest BCUT2D eigenvalue weighted by Gasteiger charge is -2.12. The van der Waals surface area contributed by atoms with E-state index in [1.165, 1.54) is 12.1 Å². The van der Waals surface area contributed by atoms with Crippen LogP contribution in [-0.4, -0.2) is 17.6 Å². The fourth-order valence-electron chi connectivity index (χ4n) is 3.25. The van der Waals surface area contributed by atoms with Crippen molar-refractivity contribution >= 4 is 33.1 Å². The highest BCUT2D eigenvalue weighted by atomic mass is 32.1. The molecule has 2 aromatic carbocycles. The summed E-state index contributed by atoms with van der Waals surface area (Å²) in [6, 6.07) is 17.9. The molecule has 4 rings (SSSR count). The molecule has 0 aliphatic rings. The number of nitrogens with zero attached hydrogens (tertiary/aromatic N) is 1. The van der Waals surface area contributed by atoms with E-state index in [-0.39, 0.29) is 11.7 Å². The lowest BCUT2D eigenvalue weighted by atomic mass is 10.2. The zero-order valence-corrected chi connectivity index (χ0v) is 16.1. The van der Waals surface area contributed by atoms with Crippen molar-refractivity contribution < 1.29 is 13.9 Å². The van der Waals surface area contributed by atoms with Gasteiger partial charge in [0.1, 0.15) is 11.5 Å². The van der Waals surface area contributed by atoms with E-state index >= 15 is 0 Å². The maximum absolute atomic E-state index is 13.6. The number of halogens is 1. The highest BCUT2D eigenvalue weighted by Crippen LogP contribution is 2.27. The van der Waals surface area contributed by atoms with Crippen molar-refractivity contribution in [2.45, 2.75) is 13.2 Å². The molecule has 0 aliphatic heterocycles. The standard InChI is InChI=1S/C22H19FN2O2S/c1-27-14-16-5-3-7-18(11-16)24-22(26)20-12-21-19(8-9-28-21)25(20)13-15-4-2-6-17(23)10-15/h2-12H,13-14H2,1H3,(H,24,26).